The van der Waals surface area contributed by atoms with E-state index in [9.17, 15) is 9.59 Å². The Kier molecular flexibility index (Phi) is 3.95. The topological polar surface area (TPSA) is 82.5 Å². The van der Waals surface area contributed by atoms with E-state index in [4.69, 9.17) is 5.11 Å². The Bertz CT molecular complexity index is 476. The smallest absolute Gasteiger partial charge is 0.340 e. The molecule has 0 saturated carbocycles. The van der Waals surface area contributed by atoms with Gasteiger partial charge in [0.25, 0.3) is 0 Å². The van der Waals surface area contributed by atoms with Crippen molar-refractivity contribution in [1.29, 1.82) is 0 Å². The summed E-state index contributed by atoms with van der Waals surface area (Å²) < 4.78 is 3.98. The zero-order valence-corrected chi connectivity index (χ0v) is 11.9. The largest absolute Gasteiger partial charge is 0.478 e. The Hall–Kier alpha value is -1.63. The summed E-state index contributed by atoms with van der Waals surface area (Å²) in [6, 6.07) is -0.353. The van der Waals surface area contributed by atoms with Crippen LogP contribution in [0.15, 0.2) is 0 Å². The fraction of sp³-hybridized carbons (Fsp3) is 0.545. The highest BCUT2D eigenvalue weighted by atomic mass is 32.1. The second-order valence-corrected chi connectivity index (χ2v) is 5.74. The van der Waals surface area contributed by atoms with Crippen LogP contribution in [0.3, 0.4) is 0 Å². The molecule has 1 rings (SSSR count). The van der Waals surface area contributed by atoms with Crippen LogP contribution >= 0.6 is 11.5 Å². The van der Waals surface area contributed by atoms with Crippen LogP contribution in [0.25, 0.3) is 0 Å². The highest BCUT2D eigenvalue weighted by Gasteiger charge is 2.25. The van der Waals surface area contributed by atoms with Gasteiger partial charge in [0.2, 0.25) is 0 Å². The number of carboxylic acid groups (broad SMARTS) is 1. The number of aromatic carboxylic acids is 1. The number of rotatable bonds is 2. The lowest BCUT2D eigenvalue weighted by molar-refractivity contribution is 0.0697. The Morgan fingerprint density at radius 1 is 1.39 bits per heavy atom. The van der Waals surface area contributed by atoms with Crippen LogP contribution in [-0.4, -0.2) is 34.1 Å². The number of nitrogens with zero attached hydrogens (tertiary/aromatic N) is 2. The number of carbonyl (C=O) groups excluding carboxylic acids is 1. The summed E-state index contributed by atoms with van der Waals surface area (Å²) in [6.45, 7) is 7.18. The highest BCUT2D eigenvalue weighted by Crippen LogP contribution is 2.27. The molecule has 0 bridgehead atoms. The van der Waals surface area contributed by atoms with Gasteiger partial charge in [0.1, 0.15) is 10.6 Å². The van der Waals surface area contributed by atoms with Crippen molar-refractivity contribution >= 4 is 28.5 Å². The lowest BCUT2D eigenvalue weighted by Gasteiger charge is -2.25. The summed E-state index contributed by atoms with van der Waals surface area (Å²) >= 11 is 1.00. The van der Waals surface area contributed by atoms with Crippen molar-refractivity contribution in [1.82, 2.24) is 9.69 Å². The number of nitrogens with one attached hydrogen (secondary N) is 1. The minimum absolute atomic E-state index is 0.0755. The number of amides is 2. The Labute approximate surface area is 110 Å². The molecule has 6 nitrogen and oxygen atoms in total. The maximum absolute atomic E-state index is 11.9. The van der Waals surface area contributed by atoms with E-state index in [1.54, 1.807) is 6.92 Å². The number of hydrogen-bond donors (Lipinski definition) is 2. The Morgan fingerprint density at radius 3 is 2.39 bits per heavy atom. The van der Waals surface area contributed by atoms with Crippen LogP contribution in [0, 0.1) is 6.92 Å². The number of carbonyl (C=O) groups is 2. The predicted molar refractivity (Wildman–Crippen MR) is 70.5 cm³/mol. The minimum atomic E-state index is -1.08. The van der Waals surface area contributed by atoms with E-state index in [0.717, 1.165) is 11.5 Å². The molecule has 0 fully saturated rings. The van der Waals surface area contributed by atoms with Gasteiger partial charge >= 0.3 is 12.0 Å². The van der Waals surface area contributed by atoms with Crippen molar-refractivity contribution in [3.05, 3.63) is 11.3 Å². The maximum Gasteiger partial charge on any atom is 0.340 e. The van der Waals surface area contributed by atoms with Crippen LogP contribution in [0.5, 0.6) is 0 Å². The highest BCUT2D eigenvalue weighted by molar-refractivity contribution is 7.11. The van der Waals surface area contributed by atoms with E-state index < -0.39 is 5.97 Å². The average Bonchev–Trinajstić information content (AvgIpc) is 2.56. The molecule has 18 heavy (non-hydrogen) atoms. The van der Waals surface area contributed by atoms with Crippen molar-refractivity contribution in [3.63, 3.8) is 0 Å². The molecule has 0 aliphatic heterocycles. The molecule has 0 radical (unpaired) electrons. The molecule has 1 heterocycles. The van der Waals surface area contributed by atoms with Gasteiger partial charge in [0.05, 0.1) is 5.69 Å². The molecule has 100 valence electrons. The number of hydrogen-bond acceptors (Lipinski definition) is 4. The molecule has 0 aliphatic rings. The van der Waals surface area contributed by atoms with Crippen molar-refractivity contribution in [2.75, 3.05) is 11.9 Å². The first-order valence-electron chi connectivity index (χ1n) is 5.39. The lowest BCUT2D eigenvalue weighted by Crippen LogP contribution is -2.47. The molecule has 1 aromatic heterocycles. The third kappa shape index (κ3) is 3.19. The van der Waals surface area contributed by atoms with Gasteiger partial charge in [-0.25, -0.2) is 9.59 Å². The first-order valence-corrected chi connectivity index (χ1v) is 6.16. The SMILES string of the molecule is Cc1nsc(N(C)C(=O)NC(C)(C)C)c1C(=O)O. The molecule has 0 aromatic carbocycles. The molecule has 1 aromatic rings. The van der Waals surface area contributed by atoms with E-state index in [0.29, 0.717) is 10.7 Å². The quantitative estimate of drug-likeness (QED) is 0.863. The van der Waals surface area contributed by atoms with Gasteiger partial charge in [-0.3, -0.25) is 4.90 Å². The molecular weight excluding hydrogens is 254 g/mol. The van der Waals surface area contributed by atoms with Gasteiger partial charge in [-0.05, 0) is 39.2 Å². The van der Waals surface area contributed by atoms with Gasteiger partial charge in [0, 0.05) is 12.6 Å². The summed E-state index contributed by atoms with van der Waals surface area (Å²) in [6.07, 6.45) is 0. The van der Waals surface area contributed by atoms with Crippen molar-refractivity contribution < 1.29 is 14.7 Å². The molecule has 2 N–H and O–H groups in total. The van der Waals surface area contributed by atoms with Crippen LogP contribution in [0.4, 0.5) is 9.80 Å². The molecule has 0 unspecified atom stereocenters. The summed E-state index contributed by atoms with van der Waals surface area (Å²) in [5.74, 6) is -1.08. The van der Waals surface area contributed by atoms with E-state index in [1.165, 1.54) is 11.9 Å². The van der Waals surface area contributed by atoms with E-state index in [2.05, 4.69) is 9.69 Å². The molecule has 0 spiro atoms. The first-order chi connectivity index (χ1) is 8.13. The number of aryl methyl sites for hydroxylation is 1. The molecule has 0 atom stereocenters. The van der Waals surface area contributed by atoms with Crippen LogP contribution in [0.1, 0.15) is 36.8 Å². The fourth-order valence-electron chi connectivity index (χ4n) is 1.33. The average molecular weight is 271 g/mol. The summed E-state index contributed by atoms with van der Waals surface area (Å²) in [5, 5.41) is 12.2. The van der Waals surface area contributed by atoms with Crippen LogP contribution in [0.2, 0.25) is 0 Å². The van der Waals surface area contributed by atoms with Crippen LogP contribution < -0.4 is 10.2 Å². The molecule has 0 saturated heterocycles. The zero-order chi connectivity index (χ0) is 14.1. The first kappa shape index (κ1) is 14.4. The zero-order valence-electron chi connectivity index (χ0n) is 11.1. The second kappa shape index (κ2) is 4.93. The standard InChI is InChI=1S/C11H17N3O3S/c1-6-7(9(15)16)8(18-13-6)14(5)10(17)12-11(2,3)4/h1-5H3,(H,12,17)(H,15,16). The van der Waals surface area contributed by atoms with E-state index >= 15 is 0 Å². The Morgan fingerprint density at radius 2 is 1.94 bits per heavy atom. The number of urea groups is 1. The Balaban J connectivity index is 3.01. The molecule has 0 aliphatic carbocycles. The monoisotopic (exact) mass is 271 g/mol. The van der Waals surface area contributed by atoms with Crippen LogP contribution in [-0.2, 0) is 0 Å². The van der Waals surface area contributed by atoms with E-state index in [1.807, 2.05) is 20.8 Å². The second-order valence-electron chi connectivity index (χ2n) is 4.99. The molecular formula is C11H17N3O3S. The normalized spacial score (nSPS) is 11.2. The lowest BCUT2D eigenvalue weighted by atomic mass is 10.1. The van der Waals surface area contributed by atoms with E-state index in [-0.39, 0.29) is 17.1 Å². The van der Waals surface area contributed by atoms with Gasteiger partial charge < -0.3 is 10.4 Å². The fourth-order valence-corrected chi connectivity index (χ4v) is 2.18. The van der Waals surface area contributed by atoms with Gasteiger partial charge in [-0.2, -0.15) is 4.37 Å². The summed E-state index contributed by atoms with van der Waals surface area (Å²) in [5.41, 5.74) is 0.110. The van der Waals surface area contributed by atoms with Gasteiger partial charge in [0.15, 0.2) is 0 Å². The predicted octanol–water partition coefficient (Wildman–Crippen LogP) is 2.09. The minimum Gasteiger partial charge on any atom is -0.478 e. The van der Waals surface area contributed by atoms with Crippen molar-refractivity contribution in [2.24, 2.45) is 0 Å². The maximum atomic E-state index is 11.9. The summed E-state index contributed by atoms with van der Waals surface area (Å²) in [7, 11) is 1.53. The number of anilines is 1. The third-order valence-electron chi connectivity index (χ3n) is 2.15. The van der Waals surface area contributed by atoms with Crippen molar-refractivity contribution in [3.8, 4) is 0 Å². The third-order valence-corrected chi connectivity index (χ3v) is 3.17. The van der Waals surface area contributed by atoms with Crippen molar-refractivity contribution in [2.45, 2.75) is 33.2 Å². The van der Waals surface area contributed by atoms with Gasteiger partial charge in [-0.15, -0.1) is 0 Å². The molecule has 2 amide bonds. The van der Waals surface area contributed by atoms with Gasteiger partial charge in [-0.1, -0.05) is 0 Å². The number of aromatic nitrogens is 1. The number of carboxylic acids is 1. The molecule has 7 heteroatoms. The summed E-state index contributed by atoms with van der Waals surface area (Å²) in [4.78, 5) is 24.3.